The van der Waals surface area contributed by atoms with E-state index in [0.717, 1.165) is 40.9 Å². The molecule has 0 spiro atoms. The van der Waals surface area contributed by atoms with Crippen LogP contribution in [0.1, 0.15) is 123 Å². The van der Waals surface area contributed by atoms with E-state index in [1.54, 1.807) is 57.8 Å². The Balaban J connectivity index is 0.000000200. The lowest BCUT2D eigenvalue weighted by Gasteiger charge is -2.67. The number of halogens is 1. The molecule has 1 heterocycles. The molecule has 1 N–H and O–H groups in total. The van der Waals surface area contributed by atoms with Crippen LogP contribution in [-0.4, -0.2) is 36.9 Å². The summed E-state index contributed by atoms with van der Waals surface area (Å²) in [7, 11) is 0. The lowest BCUT2D eigenvalue weighted by Crippen LogP contribution is -2.59. The van der Waals surface area contributed by atoms with Gasteiger partial charge in [-0.3, -0.25) is 4.79 Å². The Morgan fingerprint density at radius 3 is 2.23 bits per heavy atom. The van der Waals surface area contributed by atoms with Crippen LogP contribution in [0.4, 0.5) is 4.39 Å². The van der Waals surface area contributed by atoms with Gasteiger partial charge in [-0.2, -0.15) is 0 Å². The van der Waals surface area contributed by atoms with E-state index in [1.807, 2.05) is 0 Å². The normalized spacial score (nSPS) is 41.9. The van der Waals surface area contributed by atoms with Crippen molar-refractivity contribution in [3.63, 3.8) is 0 Å². The predicted molar refractivity (Wildman–Crippen MR) is 168 cm³/mol. The number of carboxylic acid groups (broad SMARTS) is 1. The molecule has 43 heavy (non-hydrogen) atoms. The summed E-state index contributed by atoms with van der Waals surface area (Å²) in [5, 5.41) is 6.89. The molecule has 5 saturated carbocycles. The zero-order valence-corrected chi connectivity index (χ0v) is 26.3. The zero-order valence-electron chi connectivity index (χ0n) is 26.3. The standard InChI is InChI=1S/C25H42.C10H9FO3.CH2O2.CH4/c1-17-7-5-14-24(3)19(17)12-16-25(4)21-11-15-23(2)13-6-8-20(23)18(21)9-10-22(24)25;11-8-3-1-7(2-4-8)10(12)14-6-9-5-13-9;2-1-3;/h17-22H,5-16H2,1-4H3;1-4,9H,5-6H2;1H,(H,2,3);1H4. The number of carbonyl (C=O) groups excluding carboxylic acids is 1. The third-order valence-corrected chi connectivity index (χ3v) is 13.2. The largest absolute Gasteiger partial charge is 0.483 e. The molecule has 0 aromatic heterocycles. The van der Waals surface area contributed by atoms with E-state index in [4.69, 9.17) is 19.4 Å². The Hall–Kier alpha value is -1.95. The summed E-state index contributed by atoms with van der Waals surface area (Å²) in [6.45, 7) is 11.5. The Morgan fingerprint density at radius 2 is 1.56 bits per heavy atom. The van der Waals surface area contributed by atoms with E-state index < -0.39 is 5.97 Å². The minimum absolute atomic E-state index is 0. The summed E-state index contributed by atoms with van der Waals surface area (Å²) in [4.78, 5) is 19.6. The second-order valence-corrected chi connectivity index (χ2v) is 15.3. The summed E-state index contributed by atoms with van der Waals surface area (Å²) in [6.07, 6.45) is 18.6. The molecular formula is C37H57FO5. The molecule has 6 fully saturated rings. The first-order chi connectivity index (χ1) is 20.1. The van der Waals surface area contributed by atoms with Crippen LogP contribution in [0, 0.1) is 57.6 Å². The molecule has 1 aliphatic heterocycles. The molecule has 5 aliphatic carbocycles. The molecule has 10 unspecified atom stereocenters. The van der Waals surface area contributed by atoms with E-state index >= 15 is 0 Å². The fraction of sp³-hybridized carbons (Fsp3) is 0.784. The van der Waals surface area contributed by atoms with E-state index in [0.29, 0.717) is 23.0 Å². The number of benzene rings is 1. The molecule has 242 valence electrons. The second kappa shape index (κ2) is 13.6. The maximum atomic E-state index is 12.5. The van der Waals surface area contributed by atoms with Crippen molar-refractivity contribution in [2.24, 2.45) is 51.8 Å². The van der Waals surface area contributed by atoms with Gasteiger partial charge in [-0.05, 0) is 134 Å². The number of hydrogen-bond acceptors (Lipinski definition) is 4. The molecule has 7 rings (SSSR count). The zero-order chi connectivity index (χ0) is 30.1. The number of rotatable bonds is 3. The Morgan fingerprint density at radius 1 is 0.930 bits per heavy atom. The smallest absolute Gasteiger partial charge is 0.338 e. The van der Waals surface area contributed by atoms with Gasteiger partial charge in [0.2, 0.25) is 0 Å². The highest BCUT2D eigenvalue weighted by atomic mass is 19.1. The molecule has 0 amide bonds. The van der Waals surface area contributed by atoms with Crippen LogP contribution >= 0.6 is 0 Å². The first-order valence-corrected chi connectivity index (χ1v) is 16.7. The van der Waals surface area contributed by atoms with E-state index in [-0.39, 0.29) is 32.4 Å². The lowest BCUT2D eigenvalue weighted by molar-refractivity contribution is -0.181. The third kappa shape index (κ3) is 6.70. The topological polar surface area (TPSA) is 76.1 Å². The molecule has 6 aliphatic rings. The van der Waals surface area contributed by atoms with Crippen molar-refractivity contribution >= 4 is 12.4 Å². The molecule has 10 atom stereocenters. The maximum Gasteiger partial charge on any atom is 0.338 e. The average Bonchev–Trinajstić information content (AvgIpc) is 3.70. The number of epoxide rings is 1. The van der Waals surface area contributed by atoms with Gasteiger partial charge in [0, 0.05) is 0 Å². The van der Waals surface area contributed by atoms with Gasteiger partial charge in [-0.1, -0.05) is 54.4 Å². The minimum Gasteiger partial charge on any atom is -0.483 e. The summed E-state index contributed by atoms with van der Waals surface area (Å²) >= 11 is 0. The van der Waals surface area contributed by atoms with Crippen LogP contribution in [0.2, 0.25) is 0 Å². The van der Waals surface area contributed by atoms with E-state index in [2.05, 4.69) is 27.7 Å². The van der Waals surface area contributed by atoms with Crippen LogP contribution in [0.15, 0.2) is 24.3 Å². The summed E-state index contributed by atoms with van der Waals surface area (Å²) < 4.78 is 22.3. The van der Waals surface area contributed by atoms with Gasteiger partial charge in [0.1, 0.15) is 18.5 Å². The predicted octanol–water partition coefficient (Wildman–Crippen LogP) is 9.19. The van der Waals surface area contributed by atoms with Crippen molar-refractivity contribution in [2.45, 2.75) is 118 Å². The highest BCUT2D eigenvalue weighted by Crippen LogP contribution is 2.71. The van der Waals surface area contributed by atoms with Crippen molar-refractivity contribution in [1.29, 1.82) is 0 Å². The van der Waals surface area contributed by atoms with Gasteiger partial charge >= 0.3 is 5.97 Å². The highest BCUT2D eigenvalue weighted by Gasteiger charge is 2.63. The van der Waals surface area contributed by atoms with Crippen molar-refractivity contribution in [3.8, 4) is 0 Å². The molecule has 1 aromatic rings. The molecule has 1 aromatic carbocycles. The summed E-state index contributed by atoms with van der Waals surface area (Å²) in [5.74, 6) is 5.49. The van der Waals surface area contributed by atoms with Crippen molar-refractivity contribution in [2.75, 3.05) is 13.2 Å². The molecule has 5 nitrogen and oxygen atoms in total. The maximum absolute atomic E-state index is 12.5. The van der Waals surface area contributed by atoms with E-state index in [1.165, 1.54) is 43.5 Å². The third-order valence-electron chi connectivity index (χ3n) is 13.2. The Bertz CT molecular complexity index is 1090. The number of fused-ring (bicyclic) bond motifs is 7. The molecule has 0 radical (unpaired) electrons. The quantitative estimate of drug-likeness (QED) is 0.213. The first kappa shape index (κ1) is 33.9. The van der Waals surface area contributed by atoms with Gasteiger partial charge < -0.3 is 14.6 Å². The van der Waals surface area contributed by atoms with Gasteiger partial charge in [-0.25, -0.2) is 9.18 Å². The van der Waals surface area contributed by atoms with Gasteiger partial charge in [0.25, 0.3) is 6.47 Å². The SMILES string of the molecule is C.CC1CCCC2(C)C1CCC1(C)C3CCC4(C)CCCC4C3CCC21.O=C(OCC1CO1)c1ccc(F)cc1.O=CO. The molecule has 0 bridgehead atoms. The fourth-order valence-electron chi connectivity index (χ4n) is 11.2. The molecule has 1 saturated heterocycles. The Labute approximate surface area is 259 Å². The minimum atomic E-state index is -0.444. The fourth-order valence-corrected chi connectivity index (χ4v) is 11.2. The highest BCUT2D eigenvalue weighted by molar-refractivity contribution is 5.89. The number of carbonyl (C=O) groups is 2. The van der Waals surface area contributed by atoms with Crippen LogP contribution in [-0.2, 0) is 14.3 Å². The number of hydrogen-bond donors (Lipinski definition) is 1. The van der Waals surface area contributed by atoms with Crippen LogP contribution < -0.4 is 0 Å². The van der Waals surface area contributed by atoms with Crippen LogP contribution in [0.5, 0.6) is 0 Å². The summed E-state index contributed by atoms with van der Waals surface area (Å²) in [6, 6.07) is 5.24. The van der Waals surface area contributed by atoms with Crippen LogP contribution in [0.3, 0.4) is 0 Å². The van der Waals surface area contributed by atoms with E-state index in [9.17, 15) is 9.18 Å². The van der Waals surface area contributed by atoms with Crippen molar-refractivity contribution < 1.29 is 28.6 Å². The van der Waals surface area contributed by atoms with Crippen LogP contribution in [0.25, 0.3) is 0 Å². The average molecular weight is 601 g/mol. The Kier molecular flexibility index (Phi) is 10.7. The van der Waals surface area contributed by atoms with Gasteiger partial charge in [-0.15, -0.1) is 0 Å². The number of esters is 1. The molecule has 6 heteroatoms. The van der Waals surface area contributed by atoms with Gasteiger partial charge in [0.15, 0.2) is 0 Å². The number of ether oxygens (including phenoxy) is 2. The second-order valence-electron chi connectivity index (χ2n) is 15.3. The van der Waals surface area contributed by atoms with Crippen molar-refractivity contribution in [1.82, 2.24) is 0 Å². The van der Waals surface area contributed by atoms with Crippen molar-refractivity contribution in [3.05, 3.63) is 35.6 Å². The summed E-state index contributed by atoms with van der Waals surface area (Å²) in [5.41, 5.74) is 2.43. The lowest BCUT2D eigenvalue weighted by atomic mass is 9.38. The monoisotopic (exact) mass is 600 g/mol. The first-order valence-electron chi connectivity index (χ1n) is 16.7. The molecular weight excluding hydrogens is 543 g/mol. The van der Waals surface area contributed by atoms with Gasteiger partial charge in [0.05, 0.1) is 12.2 Å².